The molecule has 0 amide bonds. The number of hydrogen-bond donors (Lipinski definition) is 2. The summed E-state index contributed by atoms with van der Waals surface area (Å²) in [5, 5.41) is 1.93. The molecule has 1 aromatic heterocycles. The second-order valence-corrected chi connectivity index (χ2v) is 7.87. The van der Waals surface area contributed by atoms with Crippen LogP contribution in [-0.4, -0.2) is 8.42 Å². The topological polar surface area (TPSA) is 72.2 Å². The molecule has 6 heteroatoms. The summed E-state index contributed by atoms with van der Waals surface area (Å²) in [6.07, 6.45) is 0. The fourth-order valence-electron chi connectivity index (χ4n) is 2.48. The highest BCUT2D eigenvalue weighted by Gasteiger charge is 2.24. The maximum absolute atomic E-state index is 12.7. The van der Waals surface area contributed by atoms with Gasteiger partial charge in [-0.05, 0) is 55.8 Å². The summed E-state index contributed by atoms with van der Waals surface area (Å²) in [4.78, 5) is 1.27. The lowest BCUT2D eigenvalue weighted by molar-refractivity contribution is 0.567. The van der Waals surface area contributed by atoms with Crippen molar-refractivity contribution >= 4 is 27.0 Å². The Bertz CT molecular complexity index is 750. The van der Waals surface area contributed by atoms with Crippen LogP contribution < -0.4 is 10.5 Å². The SMILES string of the molecule is Cc1cc(C)c(S(=O)(=O)NC(C)c2cccs2)c(C)c1N. The third-order valence-electron chi connectivity index (χ3n) is 3.53. The van der Waals surface area contributed by atoms with E-state index in [-0.39, 0.29) is 10.9 Å². The monoisotopic (exact) mass is 324 g/mol. The van der Waals surface area contributed by atoms with Gasteiger partial charge in [0.15, 0.2) is 0 Å². The Morgan fingerprint density at radius 3 is 2.48 bits per heavy atom. The van der Waals surface area contributed by atoms with Crippen LogP contribution in [0.2, 0.25) is 0 Å². The van der Waals surface area contributed by atoms with E-state index in [2.05, 4.69) is 4.72 Å². The van der Waals surface area contributed by atoms with Crippen LogP contribution in [-0.2, 0) is 10.0 Å². The Hall–Kier alpha value is -1.37. The lowest BCUT2D eigenvalue weighted by Gasteiger charge is -2.18. The van der Waals surface area contributed by atoms with E-state index < -0.39 is 10.0 Å². The Balaban J connectivity index is 2.43. The summed E-state index contributed by atoms with van der Waals surface area (Å²) in [7, 11) is -3.61. The van der Waals surface area contributed by atoms with Gasteiger partial charge in [0.2, 0.25) is 10.0 Å². The molecule has 1 heterocycles. The third kappa shape index (κ3) is 3.12. The summed E-state index contributed by atoms with van der Waals surface area (Å²) in [6, 6.07) is 5.37. The van der Waals surface area contributed by atoms with Crippen LogP contribution >= 0.6 is 11.3 Å². The summed E-state index contributed by atoms with van der Waals surface area (Å²) >= 11 is 1.53. The minimum atomic E-state index is -3.61. The number of rotatable bonds is 4. The first-order chi connectivity index (χ1) is 9.74. The van der Waals surface area contributed by atoms with E-state index in [1.165, 1.54) is 11.3 Å². The van der Waals surface area contributed by atoms with Crippen molar-refractivity contribution < 1.29 is 8.42 Å². The number of thiophene rings is 1. The van der Waals surface area contributed by atoms with Gasteiger partial charge in [-0.15, -0.1) is 11.3 Å². The zero-order valence-electron chi connectivity index (χ0n) is 12.6. The molecule has 1 aromatic carbocycles. The molecule has 2 aromatic rings. The molecule has 1 atom stereocenters. The molecule has 0 aliphatic rings. The molecule has 0 aliphatic carbocycles. The minimum Gasteiger partial charge on any atom is -0.398 e. The van der Waals surface area contributed by atoms with Gasteiger partial charge in [0.1, 0.15) is 0 Å². The smallest absolute Gasteiger partial charge is 0.241 e. The number of benzene rings is 1. The van der Waals surface area contributed by atoms with Gasteiger partial charge in [0.25, 0.3) is 0 Å². The highest BCUT2D eigenvalue weighted by atomic mass is 32.2. The first kappa shape index (κ1) is 16.0. The van der Waals surface area contributed by atoms with Crippen molar-refractivity contribution in [2.75, 3.05) is 5.73 Å². The molecular formula is C15H20N2O2S2. The first-order valence-corrected chi connectivity index (χ1v) is 9.02. The van der Waals surface area contributed by atoms with Gasteiger partial charge in [0, 0.05) is 10.6 Å². The zero-order valence-corrected chi connectivity index (χ0v) is 14.2. The molecule has 114 valence electrons. The third-order valence-corrected chi connectivity index (χ3v) is 6.42. The van der Waals surface area contributed by atoms with Crippen LogP contribution in [0.3, 0.4) is 0 Å². The zero-order chi connectivity index (χ0) is 15.8. The molecular weight excluding hydrogens is 304 g/mol. The number of aryl methyl sites for hydroxylation is 2. The molecule has 0 saturated heterocycles. The number of nitrogen functional groups attached to an aromatic ring is 1. The Labute approximate surface area is 130 Å². The van der Waals surface area contributed by atoms with Gasteiger partial charge >= 0.3 is 0 Å². The molecule has 21 heavy (non-hydrogen) atoms. The molecule has 1 unspecified atom stereocenters. The largest absolute Gasteiger partial charge is 0.398 e. The van der Waals surface area contributed by atoms with E-state index >= 15 is 0 Å². The highest BCUT2D eigenvalue weighted by Crippen LogP contribution is 2.29. The van der Waals surface area contributed by atoms with Gasteiger partial charge in [0.05, 0.1) is 10.9 Å². The molecule has 4 nitrogen and oxygen atoms in total. The predicted octanol–water partition coefficient (Wildman–Crippen LogP) is 3.30. The van der Waals surface area contributed by atoms with Crippen molar-refractivity contribution in [2.24, 2.45) is 0 Å². The summed E-state index contributed by atoms with van der Waals surface area (Å²) in [5.41, 5.74) is 8.74. The minimum absolute atomic E-state index is 0.267. The lowest BCUT2D eigenvalue weighted by atomic mass is 10.1. The standard InChI is InChI=1S/C15H20N2O2S2/c1-9-8-10(2)15(11(3)14(9)16)21(18,19)17-12(4)13-6-5-7-20-13/h5-8,12,17H,16H2,1-4H3. The fraction of sp³-hybridized carbons (Fsp3) is 0.333. The van der Waals surface area contributed by atoms with Crippen LogP contribution in [0.1, 0.15) is 34.5 Å². The van der Waals surface area contributed by atoms with Crippen molar-refractivity contribution in [3.05, 3.63) is 45.1 Å². The first-order valence-electron chi connectivity index (χ1n) is 6.66. The maximum Gasteiger partial charge on any atom is 0.241 e. The Kier molecular flexibility index (Phi) is 4.41. The number of sulfonamides is 1. The second-order valence-electron chi connectivity index (χ2n) is 5.24. The van der Waals surface area contributed by atoms with E-state index in [0.717, 1.165) is 10.4 Å². The maximum atomic E-state index is 12.7. The molecule has 0 fully saturated rings. The molecule has 0 aliphatic heterocycles. The van der Waals surface area contributed by atoms with Gasteiger partial charge in [-0.2, -0.15) is 0 Å². The van der Waals surface area contributed by atoms with E-state index in [4.69, 9.17) is 5.73 Å². The van der Waals surface area contributed by atoms with E-state index in [0.29, 0.717) is 16.8 Å². The van der Waals surface area contributed by atoms with Gasteiger partial charge < -0.3 is 5.73 Å². The number of nitrogens with one attached hydrogen (secondary N) is 1. The quantitative estimate of drug-likeness (QED) is 0.848. The summed E-state index contributed by atoms with van der Waals surface area (Å²) in [6.45, 7) is 7.27. The molecule has 2 rings (SSSR count). The van der Waals surface area contributed by atoms with Crippen molar-refractivity contribution in [1.82, 2.24) is 4.72 Å². The fourth-order valence-corrected chi connectivity index (χ4v) is 5.00. The van der Waals surface area contributed by atoms with Crippen molar-refractivity contribution in [3.8, 4) is 0 Å². The van der Waals surface area contributed by atoms with Gasteiger partial charge in [-0.25, -0.2) is 13.1 Å². The molecule has 0 radical (unpaired) electrons. The Morgan fingerprint density at radius 2 is 1.90 bits per heavy atom. The lowest BCUT2D eigenvalue weighted by Crippen LogP contribution is -2.28. The Morgan fingerprint density at radius 1 is 1.24 bits per heavy atom. The average molecular weight is 324 g/mol. The van der Waals surface area contributed by atoms with E-state index in [1.807, 2.05) is 37.4 Å². The van der Waals surface area contributed by atoms with E-state index in [1.54, 1.807) is 13.8 Å². The molecule has 3 N–H and O–H groups in total. The average Bonchev–Trinajstić information content (AvgIpc) is 2.89. The van der Waals surface area contributed by atoms with Crippen molar-refractivity contribution in [3.63, 3.8) is 0 Å². The normalized spacial score (nSPS) is 13.3. The van der Waals surface area contributed by atoms with Crippen LogP contribution in [0.15, 0.2) is 28.5 Å². The van der Waals surface area contributed by atoms with Crippen molar-refractivity contribution in [2.45, 2.75) is 38.6 Å². The summed E-state index contributed by atoms with van der Waals surface area (Å²) < 4.78 is 28.1. The molecule has 0 saturated carbocycles. The number of hydrogen-bond acceptors (Lipinski definition) is 4. The van der Waals surface area contributed by atoms with Crippen LogP contribution in [0.4, 0.5) is 5.69 Å². The number of nitrogens with two attached hydrogens (primary N) is 1. The van der Waals surface area contributed by atoms with Crippen LogP contribution in [0.25, 0.3) is 0 Å². The molecule has 0 spiro atoms. The van der Waals surface area contributed by atoms with Crippen LogP contribution in [0.5, 0.6) is 0 Å². The van der Waals surface area contributed by atoms with E-state index in [9.17, 15) is 8.42 Å². The van der Waals surface area contributed by atoms with Crippen LogP contribution in [0, 0.1) is 20.8 Å². The second kappa shape index (κ2) is 5.79. The molecule has 0 bridgehead atoms. The predicted molar refractivity (Wildman–Crippen MR) is 88.1 cm³/mol. The van der Waals surface area contributed by atoms with Gasteiger partial charge in [-0.3, -0.25) is 0 Å². The number of anilines is 1. The highest BCUT2D eigenvalue weighted by molar-refractivity contribution is 7.89. The van der Waals surface area contributed by atoms with Crippen molar-refractivity contribution in [1.29, 1.82) is 0 Å². The summed E-state index contributed by atoms with van der Waals surface area (Å²) in [5.74, 6) is 0. The van der Waals surface area contributed by atoms with Gasteiger partial charge in [-0.1, -0.05) is 12.1 Å².